The van der Waals surface area contributed by atoms with Gasteiger partial charge in [0.2, 0.25) is 5.91 Å². The summed E-state index contributed by atoms with van der Waals surface area (Å²) >= 11 is 0. The molecule has 3 heteroatoms. The second-order valence-corrected chi connectivity index (χ2v) is 8.47. The first-order valence-electron chi connectivity index (χ1n) is 9.15. The van der Waals surface area contributed by atoms with Crippen molar-refractivity contribution in [1.82, 2.24) is 9.47 Å². The average molecular weight is 341 g/mol. The Bertz CT molecular complexity index is 707. The van der Waals surface area contributed by atoms with Crippen LogP contribution in [0, 0.1) is 12.3 Å². The zero-order valence-electron chi connectivity index (χ0n) is 16.5. The number of benzene rings is 1. The van der Waals surface area contributed by atoms with E-state index in [4.69, 9.17) is 0 Å². The Hall–Kier alpha value is -2.03. The lowest BCUT2D eigenvalue weighted by molar-refractivity contribution is -0.135. The summed E-state index contributed by atoms with van der Waals surface area (Å²) < 4.78 is 2.24. The number of hydrogen-bond donors (Lipinski definition) is 0. The van der Waals surface area contributed by atoms with E-state index in [1.807, 2.05) is 4.90 Å². The summed E-state index contributed by atoms with van der Waals surface area (Å²) in [7, 11) is 0. The number of amides is 1. The zero-order chi connectivity index (χ0) is 18.6. The second kappa shape index (κ2) is 7.90. The summed E-state index contributed by atoms with van der Waals surface area (Å²) in [6.45, 7) is 14.1. The number of carbonyl (C=O) groups excluding carboxylic acids is 1. The van der Waals surface area contributed by atoms with Gasteiger partial charge in [-0.05, 0) is 43.9 Å². The van der Waals surface area contributed by atoms with Crippen molar-refractivity contribution in [3.05, 3.63) is 59.4 Å². The van der Waals surface area contributed by atoms with E-state index in [1.165, 1.54) is 16.8 Å². The van der Waals surface area contributed by atoms with Gasteiger partial charge in [0.1, 0.15) is 0 Å². The smallest absolute Gasteiger partial charge is 0.223 e. The summed E-state index contributed by atoms with van der Waals surface area (Å²) in [4.78, 5) is 14.8. The fourth-order valence-corrected chi connectivity index (χ4v) is 3.04. The Balaban J connectivity index is 2.15. The van der Waals surface area contributed by atoms with Crippen molar-refractivity contribution in [3.8, 4) is 0 Å². The van der Waals surface area contributed by atoms with Crippen LogP contribution in [0.2, 0.25) is 0 Å². The van der Waals surface area contributed by atoms with Crippen molar-refractivity contribution in [2.24, 2.45) is 5.41 Å². The van der Waals surface area contributed by atoms with Crippen molar-refractivity contribution in [2.45, 2.75) is 67.1 Å². The minimum absolute atomic E-state index is 0.00772. The third-order valence-corrected chi connectivity index (χ3v) is 4.32. The van der Waals surface area contributed by atoms with Crippen molar-refractivity contribution < 1.29 is 4.79 Å². The molecule has 1 heterocycles. The molecule has 0 atom stereocenters. The Morgan fingerprint density at radius 1 is 1.16 bits per heavy atom. The topological polar surface area (TPSA) is 25.2 Å². The molecule has 0 radical (unpaired) electrons. The molecule has 0 bridgehead atoms. The van der Waals surface area contributed by atoms with Gasteiger partial charge < -0.3 is 9.47 Å². The lowest BCUT2D eigenvalue weighted by atomic mass is 9.91. The molecule has 0 N–H and O–H groups in total. The van der Waals surface area contributed by atoms with Crippen LogP contribution in [-0.4, -0.2) is 21.4 Å². The average Bonchev–Trinajstić information content (AvgIpc) is 2.89. The number of rotatable bonds is 6. The van der Waals surface area contributed by atoms with Gasteiger partial charge in [0, 0.05) is 30.9 Å². The van der Waals surface area contributed by atoms with Crippen LogP contribution < -0.4 is 0 Å². The molecule has 1 aromatic carbocycles. The molecule has 0 saturated heterocycles. The van der Waals surface area contributed by atoms with Crippen molar-refractivity contribution in [2.75, 3.05) is 0 Å². The molecule has 0 fully saturated rings. The lowest BCUT2D eigenvalue weighted by Crippen LogP contribution is -2.38. The van der Waals surface area contributed by atoms with Crippen molar-refractivity contribution in [1.29, 1.82) is 0 Å². The van der Waals surface area contributed by atoms with Crippen LogP contribution in [0.5, 0.6) is 0 Å². The summed E-state index contributed by atoms with van der Waals surface area (Å²) in [6.07, 6.45) is 2.67. The molecule has 0 saturated carbocycles. The quantitative estimate of drug-likeness (QED) is 0.725. The fourth-order valence-electron chi connectivity index (χ4n) is 3.04. The van der Waals surface area contributed by atoms with Gasteiger partial charge in [-0.2, -0.15) is 0 Å². The van der Waals surface area contributed by atoms with Gasteiger partial charge in [-0.1, -0.05) is 50.6 Å². The van der Waals surface area contributed by atoms with Crippen LogP contribution in [-0.2, 0) is 17.9 Å². The van der Waals surface area contributed by atoms with Gasteiger partial charge >= 0.3 is 0 Å². The Kier molecular flexibility index (Phi) is 6.10. The SMILES string of the molecule is Cc1cccc(Cn2cccc2CN(C(=O)CC(C)(C)C)C(C)C)c1. The number of aromatic nitrogens is 1. The molecule has 2 rings (SSSR count). The van der Waals surface area contributed by atoms with E-state index in [0.29, 0.717) is 13.0 Å². The zero-order valence-corrected chi connectivity index (χ0v) is 16.5. The van der Waals surface area contributed by atoms with Gasteiger partial charge in [0.15, 0.2) is 0 Å². The van der Waals surface area contributed by atoms with Crippen LogP contribution in [0.25, 0.3) is 0 Å². The standard InChI is InChI=1S/C22H32N2O/c1-17(2)24(21(25)14-22(4,5)6)16-20-11-8-12-23(20)15-19-10-7-9-18(3)13-19/h7-13,17H,14-16H2,1-6H3. The number of nitrogens with zero attached hydrogens (tertiary/aromatic N) is 2. The van der Waals surface area contributed by atoms with Crippen LogP contribution in [0.15, 0.2) is 42.6 Å². The minimum Gasteiger partial charge on any atom is -0.345 e. The largest absolute Gasteiger partial charge is 0.345 e. The highest BCUT2D eigenvalue weighted by Crippen LogP contribution is 2.22. The molecule has 2 aromatic rings. The Morgan fingerprint density at radius 2 is 1.88 bits per heavy atom. The molecular formula is C22H32N2O. The monoisotopic (exact) mass is 340 g/mol. The number of hydrogen-bond acceptors (Lipinski definition) is 1. The lowest BCUT2D eigenvalue weighted by Gasteiger charge is -2.30. The van der Waals surface area contributed by atoms with Crippen LogP contribution in [0.4, 0.5) is 0 Å². The van der Waals surface area contributed by atoms with Crippen molar-refractivity contribution in [3.63, 3.8) is 0 Å². The van der Waals surface area contributed by atoms with Gasteiger partial charge in [-0.15, -0.1) is 0 Å². The summed E-state index contributed by atoms with van der Waals surface area (Å²) in [5.41, 5.74) is 3.75. The van der Waals surface area contributed by atoms with E-state index in [-0.39, 0.29) is 17.4 Å². The normalized spacial score (nSPS) is 11.8. The number of carbonyl (C=O) groups is 1. The Labute approximate surface area is 152 Å². The van der Waals surface area contributed by atoms with E-state index in [9.17, 15) is 4.79 Å². The molecule has 0 unspecified atom stereocenters. The highest BCUT2D eigenvalue weighted by molar-refractivity contribution is 5.77. The predicted molar refractivity (Wildman–Crippen MR) is 104 cm³/mol. The minimum atomic E-state index is 0.00772. The summed E-state index contributed by atoms with van der Waals surface area (Å²) in [5.74, 6) is 0.228. The molecule has 1 amide bonds. The predicted octanol–water partition coefficient (Wildman–Crippen LogP) is 5.02. The first-order chi connectivity index (χ1) is 11.7. The molecule has 0 spiro atoms. The van der Waals surface area contributed by atoms with E-state index in [2.05, 4.69) is 88.7 Å². The highest BCUT2D eigenvalue weighted by atomic mass is 16.2. The molecule has 25 heavy (non-hydrogen) atoms. The molecule has 136 valence electrons. The molecular weight excluding hydrogens is 308 g/mol. The molecule has 1 aromatic heterocycles. The van der Waals surface area contributed by atoms with Crippen LogP contribution >= 0.6 is 0 Å². The van der Waals surface area contributed by atoms with Gasteiger partial charge in [-0.25, -0.2) is 0 Å². The summed E-state index contributed by atoms with van der Waals surface area (Å²) in [5, 5.41) is 0. The van der Waals surface area contributed by atoms with Gasteiger partial charge in [-0.3, -0.25) is 4.79 Å². The summed E-state index contributed by atoms with van der Waals surface area (Å²) in [6, 6.07) is 13.0. The van der Waals surface area contributed by atoms with Gasteiger partial charge in [0.25, 0.3) is 0 Å². The third-order valence-electron chi connectivity index (χ3n) is 4.32. The first kappa shape index (κ1) is 19.3. The maximum Gasteiger partial charge on any atom is 0.223 e. The molecule has 3 nitrogen and oxygen atoms in total. The van der Waals surface area contributed by atoms with E-state index in [0.717, 1.165) is 6.54 Å². The maximum absolute atomic E-state index is 12.8. The fraction of sp³-hybridized carbons (Fsp3) is 0.500. The molecule has 0 aliphatic heterocycles. The van der Waals surface area contributed by atoms with E-state index < -0.39 is 0 Å². The van der Waals surface area contributed by atoms with Gasteiger partial charge in [0.05, 0.1) is 6.54 Å². The van der Waals surface area contributed by atoms with Crippen molar-refractivity contribution >= 4 is 5.91 Å². The first-order valence-corrected chi connectivity index (χ1v) is 9.15. The Morgan fingerprint density at radius 3 is 2.48 bits per heavy atom. The molecule has 0 aliphatic carbocycles. The van der Waals surface area contributed by atoms with Crippen LogP contribution in [0.3, 0.4) is 0 Å². The third kappa shape index (κ3) is 5.77. The number of aryl methyl sites for hydroxylation is 1. The maximum atomic E-state index is 12.8. The van der Waals surface area contributed by atoms with E-state index >= 15 is 0 Å². The van der Waals surface area contributed by atoms with Crippen LogP contribution in [0.1, 0.15) is 57.9 Å². The molecule has 0 aliphatic rings. The highest BCUT2D eigenvalue weighted by Gasteiger charge is 2.23. The van der Waals surface area contributed by atoms with E-state index in [1.54, 1.807) is 0 Å². The second-order valence-electron chi connectivity index (χ2n) is 8.47.